The van der Waals surface area contributed by atoms with Crippen LogP contribution in [0.2, 0.25) is 0 Å². The lowest BCUT2D eigenvalue weighted by atomic mass is 9.74. The van der Waals surface area contributed by atoms with E-state index in [1.807, 2.05) is 11.6 Å². The summed E-state index contributed by atoms with van der Waals surface area (Å²) >= 11 is 0. The number of hydrogen-bond donors (Lipinski definition) is 2. The Morgan fingerprint density at radius 3 is 2.46 bits per heavy atom. The lowest BCUT2D eigenvalue weighted by Crippen LogP contribution is -2.44. The van der Waals surface area contributed by atoms with Crippen molar-refractivity contribution in [2.75, 3.05) is 6.54 Å². The summed E-state index contributed by atoms with van der Waals surface area (Å²) in [5, 5.41) is 16.8. The van der Waals surface area contributed by atoms with Crippen molar-refractivity contribution < 1.29 is 14.7 Å². The predicted octanol–water partition coefficient (Wildman–Crippen LogP) is 3.32. The van der Waals surface area contributed by atoms with Gasteiger partial charge in [0, 0.05) is 12.2 Å². The SMILES string of the molecule is CCC(CC)n1nc(C(=O)NCC2(C(=O)O)CCCCC2)cc1C. The fourth-order valence-corrected chi connectivity index (χ4v) is 3.64. The van der Waals surface area contributed by atoms with Gasteiger partial charge < -0.3 is 10.4 Å². The molecule has 1 fully saturated rings. The number of carbonyl (C=O) groups excluding carboxylic acids is 1. The highest BCUT2D eigenvalue weighted by Gasteiger charge is 2.40. The number of carboxylic acids is 1. The second kappa shape index (κ2) is 7.81. The molecule has 1 aliphatic carbocycles. The van der Waals surface area contributed by atoms with E-state index < -0.39 is 11.4 Å². The lowest BCUT2D eigenvalue weighted by molar-refractivity contribution is -0.150. The van der Waals surface area contributed by atoms with E-state index in [-0.39, 0.29) is 18.5 Å². The topological polar surface area (TPSA) is 84.2 Å². The summed E-state index contributed by atoms with van der Waals surface area (Å²) in [5.74, 6) is -1.09. The Balaban J connectivity index is 2.07. The zero-order valence-electron chi connectivity index (χ0n) is 15.0. The molecule has 6 nitrogen and oxygen atoms in total. The zero-order chi connectivity index (χ0) is 17.7. The fraction of sp³-hybridized carbons (Fsp3) is 0.722. The largest absolute Gasteiger partial charge is 0.481 e. The van der Waals surface area contributed by atoms with Gasteiger partial charge in [-0.25, -0.2) is 0 Å². The summed E-state index contributed by atoms with van der Waals surface area (Å²) in [6.45, 7) is 6.34. The number of hydrogen-bond acceptors (Lipinski definition) is 3. The molecule has 0 unspecified atom stereocenters. The highest BCUT2D eigenvalue weighted by atomic mass is 16.4. The van der Waals surface area contributed by atoms with Crippen molar-refractivity contribution in [1.82, 2.24) is 15.1 Å². The van der Waals surface area contributed by atoms with E-state index in [2.05, 4.69) is 24.3 Å². The third-order valence-electron chi connectivity index (χ3n) is 5.30. The van der Waals surface area contributed by atoms with Crippen LogP contribution in [0, 0.1) is 12.3 Å². The molecule has 1 heterocycles. The monoisotopic (exact) mass is 335 g/mol. The van der Waals surface area contributed by atoms with Crippen LogP contribution in [0.1, 0.15) is 81.0 Å². The first-order valence-corrected chi connectivity index (χ1v) is 9.01. The molecule has 2 N–H and O–H groups in total. The van der Waals surface area contributed by atoms with E-state index in [0.717, 1.165) is 37.8 Å². The van der Waals surface area contributed by atoms with Crippen LogP contribution in [-0.4, -0.2) is 33.3 Å². The summed E-state index contributed by atoms with van der Waals surface area (Å²) in [4.78, 5) is 24.1. The Morgan fingerprint density at radius 2 is 1.92 bits per heavy atom. The Morgan fingerprint density at radius 1 is 1.29 bits per heavy atom. The van der Waals surface area contributed by atoms with E-state index >= 15 is 0 Å². The van der Waals surface area contributed by atoms with Crippen molar-refractivity contribution in [1.29, 1.82) is 0 Å². The summed E-state index contributed by atoms with van der Waals surface area (Å²) in [6, 6.07) is 2.07. The molecule has 2 rings (SSSR count). The number of aliphatic carboxylic acids is 1. The van der Waals surface area contributed by atoms with Gasteiger partial charge in [-0.3, -0.25) is 14.3 Å². The normalized spacial score (nSPS) is 17.0. The molecular weight excluding hydrogens is 306 g/mol. The van der Waals surface area contributed by atoms with Gasteiger partial charge in [0.2, 0.25) is 0 Å². The van der Waals surface area contributed by atoms with Crippen molar-refractivity contribution in [2.24, 2.45) is 5.41 Å². The smallest absolute Gasteiger partial charge is 0.311 e. The van der Waals surface area contributed by atoms with Crippen LogP contribution in [0.25, 0.3) is 0 Å². The molecule has 0 aliphatic heterocycles. The van der Waals surface area contributed by atoms with Gasteiger partial charge in [0.25, 0.3) is 5.91 Å². The zero-order valence-corrected chi connectivity index (χ0v) is 15.0. The molecule has 1 saturated carbocycles. The summed E-state index contributed by atoms with van der Waals surface area (Å²) < 4.78 is 1.91. The van der Waals surface area contributed by atoms with Gasteiger partial charge in [-0.05, 0) is 38.7 Å². The van der Waals surface area contributed by atoms with Crippen molar-refractivity contribution in [3.63, 3.8) is 0 Å². The third kappa shape index (κ3) is 3.79. The molecular formula is C18H29N3O3. The molecule has 1 aromatic rings. The molecule has 1 aliphatic rings. The van der Waals surface area contributed by atoms with Gasteiger partial charge in [0.15, 0.2) is 0 Å². The van der Waals surface area contributed by atoms with Gasteiger partial charge in [-0.1, -0.05) is 33.1 Å². The predicted molar refractivity (Wildman–Crippen MR) is 92.1 cm³/mol. The van der Waals surface area contributed by atoms with Gasteiger partial charge in [0.05, 0.1) is 11.5 Å². The van der Waals surface area contributed by atoms with E-state index in [1.54, 1.807) is 6.07 Å². The molecule has 0 bridgehead atoms. The average Bonchev–Trinajstić information content (AvgIpc) is 2.96. The van der Waals surface area contributed by atoms with E-state index in [9.17, 15) is 14.7 Å². The standard InChI is InChI=1S/C18H29N3O3/c1-4-14(5-2)21-13(3)11-15(20-21)16(22)19-12-18(17(23)24)9-7-6-8-10-18/h11,14H,4-10,12H2,1-3H3,(H,19,22)(H,23,24). The van der Waals surface area contributed by atoms with Crippen molar-refractivity contribution in [3.8, 4) is 0 Å². The summed E-state index contributed by atoms with van der Waals surface area (Å²) in [6.07, 6.45) is 6.06. The first-order chi connectivity index (χ1) is 11.4. The molecule has 0 aromatic carbocycles. The Hall–Kier alpha value is -1.85. The maximum Gasteiger partial charge on any atom is 0.311 e. The van der Waals surface area contributed by atoms with Gasteiger partial charge >= 0.3 is 5.97 Å². The van der Waals surface area contributed by atoms with Crippen LogP contribution in [0.5, 0.6) is 0 Å². The Bertz CT molecular complexity index is 584. The van der Waals surface area contributed by atoms with Gasteiger partial charge in [0.1, 0.15) is 5.69 Å². The van der Waals surface area contributed by atoms with Gasteiger partial charge in [-0.2, -0.15) is 5.10 Å². The van der Waals surface area contributed by atoms with Crippen LogP contribution in [0.4, 0.5) is 0 Å². The minimum atomic E-state index is -0.819. The maximum atomic E-state index is 12.4. The second-order valence-electron chi connectivity index (χ2n) is 6.91. The molecule has 0 atom stereocenters. The van der Waals surface area contributed by atoms with E-state index in [0.29, 0.717) is 18.5 Å². The number of nitrogens with zero attached hydrogens (tertiary/aromatic N) is 2. The van der Waals surface area contributed by atoms with Crippen molar-refractivity contribution >= 4 is 11.9 Å². The lowest BCUT2D eigenvalue weighted by Gasteiger charge is -2.33. The highest BCUT2D eigenvalue weighted by Crippen LogP contribution is 2.36. The molecule has 0 radical (unpaired) electrons. The van der Waals surface area contributed by atoms with Crippen LogP contribution in [0.3, 0.4) is 0 Å². The van der Waals surface area contributed by atoms with Crippen molar-refractivity contribution in [2.45, 2.75) is 71.8 Å². The first kappa shape index (κ1) is 18.5. The minimum absolute atomic E-state index is 0.179. The second-order valence-corrected chi connectivity index (χ2v) is 6.91. The number of aryl methyl sites for hydroxylation is 1. The maximum absolute atomic E-state index is 12.4. The number of carboxylic acid groups (broad SMARTS) is 1. The van der Waals surface area contributed by atoms with E-state index in [1.165, 1.54) is 0 Å². The number of carbonyl (C=O) groups is 2. The number of nitrogens with one attached hydrogen (secondary N) is 1. The fourth-order valence-electron chi connectivity index (χ4n) is 3.64. The molecule has 0 saturated heterocycles. The molecule has 6 heteroatoms. The summed E-state index contributed by atoms with van der Waals surface area (Å²) in [5.41, 5.74) is 0.510. The highest BCUT2D eigenvalue weighted by molar-refractivity contribution is 5.92. The average molecular weight is 335 g/mol. The molecule has 24 heavy (non-hydrogen) atoms. The van der Waals surface area contributed by atoms with E-state index in [4.69, 9.17) is 0 Å². The molecule has 134 valence electrons. The number of amides is 1. The van der Waals surface area contributed by atoms with Crippen molar-refractivity contribution in [3.05, 3.63) is 17.5 Å². The van der Waals surface area contributed by atoms with Crippen LogP contribution >= 0.6 is 0 Å². The third-order valence-corrected chi connectivity index (χ3v) is 5.30. The molecule has 1 aromatic heterocycles. The minimum Gasteiger partial charge on any atom is -0.481 e. The number of aromatic nitrogens is 2. The Labute approximate surface area is 143 Å². The number of rotatable bonds is 7. The molecule has 1 amide bonds. The van der Waals surface area contributed by atoms with Crippen LogP contribution in [0.15, 0.2) is 6.07 Å². The summed E-state index contributed by atoms with van der Waals surface area (Å²) in [7, 11) is 0. The Kier molecular flexibility index (Phi) is 6.02. The first-order valence-electron chi connectivity index (χ1n) is 9.01. The van der Waals surface area contributed by atoms with Crippen LogP contribution < -0.4 is 5.32 Å². The van der Waals surface area contributed by atoms with Gasteiger partial charge in [-0.15, -0.1) is 0 Å². The molecule has 0 spiro atoms. The van der Waals surface area contributed by atoms with Crippen LogP contribution in [-0.2, 0) is 4.79 Å². The quantitative estimate of drug-likeness (QED) is 0.800.